The van der Waals surface area contributed by atoms with Gasteiger partial charge in [0, 0.05) is 13.1 Å². The Hall–Kier alpha value is -2.83. The summed E-state index contributed by atoms with van der Waals surface area (Å²) in [4.78, 5) is 14.5. The van der Waals surface area contributed by atoms with E-state index in [1.54, 1.807) is 41.3 Å². The maximum atomic E-state index is 12.9. The molecule has 3 aromatic rings. The molecule has 0 spiro atoms. The Morgan fingerprint density at radius 1 is 1.07 bits per heavy atom. The van der Waals surface area contributed by atoms with E-state index in [4.69, 9.17) is 4.52 Å². The van der Waals surface area contributed by atoms with E-state index >= 15 is 0 Å². The first kappa shape index (κ1) is 18.5. The van der Waals surface area contributed by atoms with Gasteiger partial charge in [-0.3, -0.25) is 4.79 Å². The van der Waals surface area contributed by atoms with Crippen molar-refractivity contribution >= 4 is 16.8 Å². The maximum absolute atomic E-state index is 12.9. The Labute approximate surface area is 159 Å². The number of alkyl halides is 3. The smallest absolute Gasteiger partial charge is 0.350 e. The summed E-state index contributed by atoms with van der Waals surface area (Å²) in [5.74, 6) is -0.00341. The highest BCUT2D eigenvalue weighted by Gasteiger charge is 2.32. The molecule has 0 bridgehead atoms. The summed E-state index contributed by atoms with van der Waals surface area (Å²) in [7, 11) is 0. The molecule has 4 nitrogen and oxygen atoms in total. The predicted octanol–water partition coefficient (Wildman–Crippen LogP) is 4.95. The van der Waals surface area contributed by atoms with Crippen LogP contribution in [0.15, 0.2) is 53.1 Å². The number of rotatable bonds is 3. The third-order valence-corrected chi connectivity index (χ3v) is 5.25. The number of amides is 1. The molecule has 1 fully saturated rings. The average Bonchev–Trinajstić information content (AvgIpc) is 3.11. The number of fused-ring (bicyclic) bond motifs is 1. The van der Waals surface area contributed by atoms with Crippen molar-refractivity contribution < 1.29 is 22.5 Å². The number of carbonyl (C=O) groups is 1. The number of likely N-dealkylation sites (tertiary alicyclic amines) is 1. The van der Waals surface area contributed by atoms with E-state index < -0.39 is 12.6 Å². The highest BCUT2D eigenvalue weighted by atomic mass is 19.4. The average molecular weight is 388 g/mol. The predicted molar refractivity (Wildman–Crippen MR) is 98.1 cm³/mol. The summed E-state index contributed by atoms with van der Waals surface area (Å²) in [6, 6.07) is 13.9. The maximum Gasteiger partial charge on any atom is 0.393 e. The fourth-order valence-corrected chi connectivity index (χ4v) is 3.89. The van der Waals surface area contributed by atoms with Gasteiger partial charge in [-0.2, -0.15) is 13.2 Å². The van der Waals surface area contributed by atoms with E-state index in [-0.39, 0.29) is 17.6 Å². The van der Waals surface area contributed by atoms with Crippen LogP contribution in [0.3, 0.4) is 0 Å². The standard InChI is InChI=1S/C21H19F3N2O2/c22-21(23,24)13-15-5-1-2-6-16(15)14-9-11-26(12-10-14)20(27)19-17-7-3-4-8-18(17)25-28-19/h1-8,14H,9-13H2. The van der Waals surface area contributed by atoms with Crippen LogP contribution < -0.4 is 0 Å². The van der Waals surface area contributed by atoms with Crippen LogP contribution >= 0.6 is 0 Å². The zero-order chi connectivity index (χ0) is 19.7. The monoisotopic (exact) mass is 388 g/mol. The lowest BCUT2D eigenvalue weighted by molar-refractivity contribution is -0.127. The summed E-state index contributed by atoms with van der Waals surface area (Å²) in [6.07, 6.45) is -3.92. The normalized spacial score (nSPS) is 15.9. The molecular weight excluding hydrogens is 369 g/mol. The van der Waals surface area contributed by atoms with Crippen molar-refractivity contribution in [2.24, 2.45) is 0 Å². The van der Waals surface area contributed by atoms with Crippen LogP contribution in [0.1, 0.15) is 40.4 Å². The minimum Gasteiger partial charge on any atom is -0.350 e. The molecule has 1 aliphatic heterocycles. The summed E-state index contributed by atoms with van der Waals surface area (Å²) in [5.41, 5.74) is 1.68. The number of piperidine rings is 1. The SMILES string of the molecule is O=C(c1onc2ccccc12)N1CCC(c2ccccc2CC(F)(F)F)CC1. The van der Waals surface area contributed by atoms with Gasteiger partial charge in [0.1, 0.15) is 5.52 Å². The molecule has 0 radical (unpaired) electrons. The Kier molecular flexibility index (Phi) is 4.83. The van der Waals surface area contributed by atoms with Crippen molar-refractivity contribution in [1.82, 2.24) is 10.1 Å². The van der Waals surface area contributed by atoms with Gasteiger partial charge in [0.2, 0.25) is 5.76 Å². The van der Waals surface area contributed by atoms with Crippen LogP contribution in [0.25, 0.3) is 10.9 Å². The van der Waals surface area contributed by atoms with E-state index in [0.717, 1.165) is 5.56 Å². The van der Waals surface area contributed by atoms with Gasteiger partial charge in [-0.25, -0.2) is 0 Å². The molecule has 4 rings (SSSR count). The molecule has 1 aromatic heterocycles. The van der Waals surface area contributed by atoms with E-state index in [1.807, 2.05) is 12.1 Å². The summed E-state index contributed by atoms with van der Waals surface area (Å²) in [6.45, 7) is 0.942. The van der Waals surface area contributed by atoms with Crippen molar-refractivity contribution in [2.75, 3.05) is 13.1 Å². The molecule has 0 saturated carbocycles. The van der Waals surface area contributed by atoms with Gasteiger partial charge in [-0.15, -0.1) is 0 Å². The molecule has 28 heavy (non-hydrogen) atoms. The highest BCUT2D eigenvalue weighted by Crippen LogP contribution is 2.34. The van der Waals surface area contributed by atoms with Crippen molar-refractivity contribution in [2.45, 2.75) is 31.4 Å². The van der Waals surface area contributed by atoms with Gasteiger partial charge >= 0.3 is 6.18 Å². The van der Waals surface area contributed by atoms with Gasteiger partial charge in [-0.1, -0.05) is 41.6 Å². The molecule has 0 atom stereocenters. The number of benzene rings is 2. The highest BCUT2D eigenvalue weighted by molar-refractivity contribution is 6.03. The quantitative estimate of drug-likeness (QED) is 0.638. The number of halogens is 3. The molecule has 1 saturated heterocycles. The second kappa shape index (κ2) is 7.30. The number of carbonyl (C=O) groups excluding carboxylic acids is 1. The molecule has 146 valence electrons. The molecule has 0 unspecified atom stereocenters. The molecule has 1 aliphatic rings. The lowest BCUT2D eigenvalue weighted by atomic mass is 9.85. The summed E-state index contributed by atoms with van der Waals surface area (Å²) in [5, 5.41) is 4.59. The van der Waals surface area contributed by atoms with Gasteiger partial charge in [-0.05, 0) is 42.0 Å². The zero-order valence-electron chi connectivity index (χ0n) is 15.1. The van der Waals surface area contributed by atoms with Gasteiger partial charge in [0.25, 0.3) is 5.91 Å². The zero-order valence-corrected chi connectivity index (χ0v) is 15.1. The summed E-state index contributed by atoms with van der Waals surface area (Å²) < 4.78 is 43.9. The number of hydrogen-bond acceptors (Lipinski definition) is 3. The number of hydrogen-bond donors (Lipinski definition) is 0. The second-order valence-electron chi connectivity index (χ2n) is 7.09. The third kappa shape index (κ3) is 3.74. The lowest BCUT2D eigenvalue weighted by Crippen LogP contribution is -2.38. The molecule has 7 heteroatoms. The first-order valence-electron chi connectivity index (χ1n) is 9.20. The van der Waals surface area contributed by atoms with Crippen molar-refractivity contribution in [1.29, 1.82) is 0 Å². The second-order valence-corrected chi connectivity index (χ2v) is 7.09. The topological polar surface area (TPSA) is 46.3 Å². The van der Waals surface area contributed by atoms with E-state index in [9.17, 15) is 18.0 Å². The van der Waals surface area contributed by atoms with E-state index in [2.05, 4.69) is 5.16 Å². The van der Waals surface area contributed by atoms with Crippen molar-refractivity contribution in [3.8, 4) is 0 Å². The molecular formula is C21H19F3N2O2. The molecule has 0 N–H and O–H groups in total. The largest absolute Gasteiger partial charge is 0.393 e. The Balaban J connectivity index is 1.47. The van der Waals surface area contributed by atoms with Crippen LogP contribution in [-0.4, -0.2) is 35.2 Å². The number of aromatic nitrogens is 1. The molecule has 2 aromatic carbocycles. The van der Waals surface area contributed by atoms with Crippen LogP contribution in [0.4, 0.5) is 13.2 Å². The van der Waals surface area contributed by atoms with Gasteiger partial charge in [0.05, 0.1) is 11.8 Å². The van der Waals surface area contributed by atoms with Crippen molar-refractivity contribution in [3.05, 3.63) is 65.4 Å². The Morgan fingerprint density at radius 3 is 2.50 bits per heavy atom. The van der Waals surface area contributed by atoms with Crippen LogP contribution in [0.5, 0.6) is 0 Å². The van der Waals surface area contributed by atoms with Crippen LogP contribution in [-0.2, 0) is 6.42 Å². The number of nitrogens with zero attached hydrogens (tertiary/aromatic N) is 2. The minimum absolute atomic E-state index is 0.00840. The summed E-state index contributed by atoms with van der Waals surface area (Å²) >= 11 is 0. The minimum atomic E-state index is -4.24. The third-order valence-electron chi connectivity index (χ3n) is 5.25. The van der Waals surface area contributed by atoms with Gasteiger partial charge < -0.3 is 9.42 Å². The fraction of sp³-hybridized carbons (Fsp3) is 0.333. The first-order valence-corrected chi connectivity index (χ1v) is 9.20. The van der Waals surface area contributed by atoms with Crippen LogP contribution in [0, 0.1) is 0 Å². The Bertz CT molecular complexity index is 988. The van der Waals surface area contributed by atoms with Crippen LogP contribution in [0.2, 0.25) is 0 Å². The first-order chi connectivity index (χ1) is 13.4. The van der Waals surface area contributed by atoms with Crippen molar-refractivity contribution in [3.63, 3.8) is 0 Å². The van der Waals surface area contributed by atoms with Gasteiger partial charge in [0.15, 0.2) is 0 Å². The Morgan fingerprint density at radius 2 is 1.75 bits per heavy atom. The van der Waals surface area contributed by atoms with E-state index in [1.165, 1.54) is 0 Å². The molecule has 2 heterocycles. The van der Waals surface area contributed by atoms with E-state index in [0.29, 0.717) is 42.4 Å². The molecule has 0 aliphatic carbocycles. The fourth-order valence-electron chi connectivity index (χ4n) is 3.89. The lowest BCUT2D eigenvalue weighted by Gasteiger charge is -2.32. The molecule has 1 amide bonds.